The van der Waals surface area contributed by atoms with Crippen LogP contribution in [0.15, 0.2) is 0 Å². The summed E-state index contributed by atoms with van der Waals surface area (Å²) in [4.78, 5) is 0. The van der Waals surface area contributed by atoms with E-state index in [0.717, 1.165) is 0 Å². The second-order valence-electron chi connectivity index (χ2n) is 2.62. The van der Waals surface area contributed by atoms with Crippen LogP contribution in [0.1, 0.15) is 0 Å². The molecule has 0 aromatic carbocycles. The zero-order chi connectivity index (χ0) is 10.5. The average Bonchev–Trinajstić information content (AvgIpc) is 2.21. The van der Waals surface area contributed by atoms with E-state index in [0.29, 0.717) is 52.8 Å². The Labute approximate surface area is 102 Å². The Kier molecular flexibility index (Phi) is 19.7. The lowest BCUT2D eigenvalue weighted by Crippen LogP contribution is -2.14. The quantitative estimate of drug-likeness (QED) is 0.551. The van der Waals surface area contributed by atoms with Crippen molar-refractivity contribution in [1.82, 2.24) is 0 Å². The lowest BCUT2D eigenvalue weighted by molar-refractivity contribution is 0.00468. The van der Waals surface area contributed by atoms with Gasteiger partial charge in [-0.05, 0) is 0 Å². The minimum absolute atomic E-state index is 0. The first kappa shape index (κ1) is 17.7. The van der Waals surface area contributed by atoms with Gasteiger partial charge in [0.15, 0.2) is 0 Å². The van der Waals surface area contributed by atoms with Crippen LogP contribution in [0.3, 0.4) is 0 Å². The minimum atomic E-state index is 0. The molecule has 0 aliphatic rings. The van der Waals surface area contributed by atoms with Gasteiger partial charge in [-0.3, -0.25) is 0 Å². The van der Waals surface area contributed by atoms with E-state index in [9.17, 15) is 0 Å². The molecule has 5 nitrogen and oxygen atoms in total. The molecule has 0 amide bonds. The maximum atomic E-state index is 5.24. The summed E-state index contributed by atoms with van der Waals surface area (Å²) in [5, 5.41) is 0. The molecular weight excluding hydrogens is 266 g/mol. The number of hydrogen-bond donors (Lipinski definition) is 1. The Morgan fingerprint density at radius 2 is 1.13 bits per heavy atom. The first-order chi connectivity index (χ1) is 6.91. The molecule has 15 heavy (non-hydrogen) atoms. The van der Waals surface area contributed by atoms with E-state index < -0.39 is 0 Å². The average molecular weight is 288 g/mol. The predicted molar refractivity (Wildman–Crippen MR) is 63.7 cm³/mol. The molecule has 0 aromatic rings. The zero-order valence-corrected chi connectivity index (χ0v) is 11.0. The molecule has 0 atom stereocenters. The molecular formula is C9H22BrNO4. The zero-order valence-electron chi connectivity index (χ0n) is 9.28. The van der Waals surface area contributed by atoms with Gasteiger partial charge >= 0.3 is 0 Å². The molecule has 0 unspecified atom stereocenters. The summed E-state index contributed by atoms with van der Waals surface area (Å²) in [5.74, 6) is 0. The largest absolute Gasteiger partial charge is 0.382 e. The van der Waals surface area contributed by atoms with Crippen LogP contribution >= 0.6 is 17.0 Å². The Morgan fingerprint density at radius 1 is 0.733 bits per heavy atom. The van der Waals surface area contributed by atoms with E-state index in [2.05, 4.69) is 0 Å². The Balaban J connectivity index is 0. The second-order valence-corrected chi connectivity index (χ2v) is 2.62. The van der Waals surface area contributed by atoms with E-state index >= 15 is 0 Å². The summed E-state index contributed by atoms with van der Waals surface area (Å²) in [6.07, 6.45) is 0. The van der Waals surface area contributed by atoms with Crippen LogP contribution in [0.2, 0.25) is 0 Å². The molecule has 0 fully saturated rings. The fraction of sp³-hybridized carbons (Fsp3) is 1.00. The van der Waals surface area contributed by atoms with Gasteiger partial charge in [0, 0.05) is 13.7 Å². The first-order valence-corrected chi connectivity index (χ1v) is 4.84. The molecule has 2 N–H and O–H groups in total. The highest BCUT2D eigenvalue weighted by atomic mass is 79.9. The molecule has 0 rings (SSSR count). The molecule has 0 aliphatic heterocycles. The minimum Gasteiger partial charge on any atom is -0.382 e. The monoisotopic (exact) mass is 287 g/mol. The van der Waals surface area contributed by atoms with Crippen LogP contribution in [0, 0.1) is 0 Å². The summed E-state index contributed by atoms with van der Waals surface area (Å²) in [7, 11) is 1.65. The lowest BCUT2D eigenvalue weighted by atomic mass is 10.7. The van der Waals surface area contributed by atoms with Crippen LogP contribution in [-0.2, 0) is 18.9 Å². The summed E-state index contributed by atoms with van der Waals surface area (Å²) in [5.41, 5.74) is 5.24. The molecule has 0 saturated carbocycles. The molecule has 0 radical (unpaired) electrons. The summed E-state index contributed by atoms with van der Waals surface area (Å²) in [6, 6.07) is 0. The van der Waals surface area contributed by atoms with Gasteiger partial charge in [0.1, 0.15) is 0 Å². The van der Waals surface area contributed by atoms with Crippen molar-refractivity contribution in [2.24, 2.45) is 5.73 Å². The molecule has 94 valence electrons. The van der Waals surface area contributed by atoms with Gasteiger partial charge in [-0.25, -0.2) is 0 Å². The first-order valence-electron chi connectivity index (χ1n) is 4.84. The second kappa shape index (κ2) is 16.7. The Morgan fingerprint density at radius 3 is 1.53 bits per heavy atom. The SMILES string of the molecule is Br.COCCOCCOCCOCCN. The number of methoxy groups -OCH3 is 1. The van der Waals surface area contributed by atoms with Gasteiger partial charge in [0.25, 0.3) is 0 Å². The third-order valence-electron chi connectivity index (χ3n) is 1.44. The molecule has 0 aliphatic carbocycles. The summed E-state index contributed by atoms with van der Waals surface area (Å²) >= 11 is 0. The third kappa shape index (κ3) is 16.9. The van der Waals surface area contributed by atoms with E-state index in [4.69, 9.17) is 24.7 Å². The molecule has 0 saturated heterocycles. The molecule has 0 aromatic heterocycles. The van der Waals surface area contributed by atoms with Crippen LogP contribution in [-0.4, -0.2) is 59.9 Å². The van der Waals surface area contributed by atoms with Crippen molar-refractivity contribution >= 4 is 17.0 Å². The van der Waals surface area contributed by atoms with E-state index in [1.165, 1.54) is 0 Å². The summed E-state index contributed by atoms with van der Waals surface area (Å²) in [6.45, 7) is 4.76. The highest BCUT2D eigenvalue weighted by Gasteiger charge is 1.90. The standard InChI is InChI=1S/C9H21NO4.BrH/c1-11-4-5-13-8-9-14-7-6-12-3-2-10;/h2-10H2,1H3;1H. The molecule has 0 bridgehead atoms. The molecule has 6 heteroatoms. The number of hydrogen-bond acceptors (Lipinski definition) is 5. The van der Waals surface area contributed by atoms with Gasteiger partial charge in [-0.2, -0.15) is 0 Å². The van der Waals surface area contributed by atoms with Crippen LogP contribution in [0.4, 0.5) is 0 Å². The number of halogens is 1. The van der Waals surface area contributed by atoms with E-state index in [1.54, 1.807) is 7.11 Å². The van der Waals surface area contributed by atoms with Crippen molar-refractivity contribution in [3.63, 3.8) is 0 Å². The maximum Gasteiger partial charge on any atom is 0.0701 e. The maximum absolute atomic E-state index is 5.24. The molecule has 0 spiro atoms. The van der Waals surface area contributed by atoms with Gasteiger partial charge in [-0.15, -0.1) is 17.0 Å². The van der Waals surface area contributed by atoms with Crippen LogP contribution in [0.5, 0.6) is 0 Å². The molecule has 0 heterocycles. The van der Waals surface area contributed by atoms with Crippen LogP contribution < -0.4 is 5.73 Å². The fourth-order valence-electron chi connectivity index (χ4n) is 0.767. The van der Waals surface area contributed by atoms with Crippen molar-refractivity contribution in [2.75, 3.05) is 59.9 Å². The Hall–Kier alpha value is 0.280. The van der Waals surface area contributed by atoms with Gasteiger partial charge in [0.05, 0.1) is 46.2 Å². The van der Waals surface area contributed by atoms with Crippen LogP contribution in [0.25, 0.3) is 0 Å². The van der Waals surface area contributed by atoms with E-state index in [1.807, 2.05) is 0 Å². The van der Waals surface area contributed by atoms with Crippen molar-refractivity contribution in [1.29, 1.82) is 0 Å². The van der Waals surface area contributed by atoms with Crippen molar-refractivity contribution in [3.05, 3.63) is 0 Å². The number of ether oxygens (including phenoxy) is 4. The van der Waals surface area contributed by atoms with Crippen molar-refractivity contribution in [3.8, 4) is 0 Å². The third-order valence-corrected chi connectivity index (χ3v) is 1.44. The topological polar surface area (TPSA) is 62.9 Å². The van der Waals surface area contributed by atoms with E-state index in [-0.39, 0.29) is 17.0 Å². The fourth-order valence-corrected chi connectivity index (χ4v) is 0.767. The van der Waals surface area contributed by atoms with Gasteiger partial charge < -0.3 is 24.7 Å². The van der Waals surface area contributed by atoms with Crippen molar-refractivity contribution in [2.45, 2.75) is 0 Å². The van der Waals surface area contributed by atoms with Gasteiger partial charge in [-0.1, -0.05) is 0 Å². The highest BCUT2D eigenvalue weighted by Crippen LogP contribution is 1.81. The lowest BCUT2D eigenvalue weighted by Gasteiger charge is -2.05. The summed E-state index contributed by atoms with van der Waals surface area (Å²) < 4.78 is 20.4. The Bertz CT molecular complexity index is 96.1. The number of rotatable bonds is 11. The predicted octanol–water partition coefficient (Wildman–Crippen LogP) is 0.219. The normalized spacial score (nSPS) is 10.0. The highest BCUT2D eigenvalue weighted by molar-refractivity contribution is 8.93. The number of nitrogens with two attached hydrogens (primary N) is 1. The smallest absolute Gasteiger partial charge is 0.0701 e. The van der Waals surface area contributed by atoms with Gasteiger partial charge in [0.2, 0.25) is 0 Å². The van der Waals surface area contributed by atoms with Crippen molar-refractivity contribution < 1.29 is 18.9 Å².